The molecule has 2 heterocycles. The summed E-state index contributed by atoms with van der Waals surface area (Å²) in [6.45, 7) is 4.25. The summed E-state index contributed by atoms with van der Waals surface area (Å²) in [5.41, 5.74) is 0.399. The lowest BCUT2D eigenvalue weighted by molar-refractivity contribution is -0.146. The number of aliphatic carboxylic acids is 1. The highest BCUT2D eigenvalue weighted by Gasteiger charge is 2.35. The molecule has 0 saturated heterocycles. The fraction of sp³-hybridized carbons (Fsp3) is 0.318. The monoisotopic (exact) mass is 489 g/mol. The van der Waals surface area contributed by atoms with Gasteiger partial charge in [-0.3, -0.25) is 14.8 Å². The number of hydrogen-bond donors (Lipinski definition) is 3. The van der Waals surface area contributed by atoms with Crippen molar-refractivity contribution in [3.63, 3.8) is 0 Å². The van der Waals surface area contributed by atoms with Gasteiger partial charge in [0, 0.05) is 18.3 Å². The van der Waals surface area contributed by atoms with E-state index in [-0.39, 0.29) is 18.4 Å². The third-order valence-corrected chi connectivity index (χ3v) is 6.68. The van der Waals surface area contributed by atoms with E-state index in [1.807, 2.05) is 0 Å². The van der Waals surface area contributed by atoms with E-state index < -0.39 is 28.6 Å². The molecule has 12 heteroatoms. The number of methoxy groups -OCH3 is 1. The first-order valence-corrected chi connectivity index (χ1v) is 11.0. The molecule has 0 aliphatic carbocycles. The van der Waals surface area contributed by atoms with E-state index in [2.05, 4.69) is 10.5 Å². The summed E-state index contributed by atoms with van der Waals surface area (Å²) < 4.78 is 21.2. The summed E-state index contributed by atoms with van der Waals surface area (Å²) in [6.07, 6.45) is 2.37. The minimum Gasteiger partial charge on any atom is -0.496 e. The first-order chi connectivity index (χ1) is 16.0. The molecule has 34 heavy (non-hydrogen) atoms. The highest BCUT2D eigenvalue weighted by atomic mass is 32.1. The average molecular weight is 490 g/mol. The number of rotatable bonds is 9. The third-order valence-electron chi connectivity index (χ3n) is 5.46. The molecule has 0 amide bonds. The second-order valence-electron chi connectivity index (χ2n) is 7.94. The number of aryl methyl sites for hydroxylation is 3. The van der Waals surface area contributed by atoms with Crippen molar-refractivity contribution >= 4 is 45.0 Å². The number of anilines is 1. The van der Waals surface area contributed by atoms with Gasteiger partial charge in [0.25, 0.3) is 5.56 Å². The van der Waals surface area contributed by atoms with Gasteiger partial charge in [-0.2, -0.15) is 5.10 Å². The van der Waals surface area contributed by atoms with Crippen molar-refractivity contribution in [2.75, 3.05) is 12.5 Å². The van der Waals surface area contributed by atoms with Crippen LogP contribution in [0.25, 0.3) is 10.2 Å². The van der Waals surface area contributed by atoms with Crippen LogP contribution in [-0.2, 0) is 23.3 Å². The van der Waals surface area contributed by atoms with Crippen LogP contribution < -0.4 is 21.4 Å². The Kier molecular flexibility index (Phi) is 7.01. The van der Waals surface area contributed by atoms with Crippen molar-refractivity contribution in [2.45, 2.75) is 39.3 Å². The van der Waals surface area contributed by atoms with Crippen molar-refractivity contribution in [3.8, 4) is 5.75 Å². The van der Waals surface area contributed by atoms with Crippen LogP contribution in [-0.4, -0.2) is 39.7 Å². The van der Waals surface area contributed by atoms with E-state index in [1.54, 1.807) is 6.92 Å². The number of hydrogen-bond acceptors (Lipinski definition) is 8. The van der Waals surface area contributed by atoms with E-state index in [9.17, 15) is 23.9 Å². The molecule has 3 N–H and O–H groups in total. The smallest absolute Gasteiger partial charge is 0.333 e. The lowest BCUT2D eigenvalue weighted by Gasteiger charge is -2.23. The molecule has 0 atom stereocenters. The van der Waals surface area contributed by atoms with Crippen molar-refractivity contribution < 1.29 is 19.0 Å². The van der Waals surface area contributed by atoms with Crippen molar-refractivity contribution in [1.29, 1.82) is 5.41 Å². The fourth-order valence-corrected chi connectivity index (χ4v) is 4.72. The van der Waals surface area contributed by atoms with E-state index >= 15 is 0 Å². The van der Waals surface area contributed by atoms with Crippen LogP contribution in [0.5, 0.6) is 5.75 Å². The molecule has 3 rings (SSSR count). The molecular formula is C22H24FN5O5S. The Labute approximate surface area is 197 Å². The lowest BCUT2D eigenvalue weighted by atomic mass is 10.1. The molecule has 0 aliphatic heterocycles. The van der Waals surface area contributed by atoms with Crippen LogP contribution in [0.15, 0.2) is 32.9 Å². The zero-order valence-electron chi connectivity index (χ0n) is 19.0. The van der Waals surface area contributed by atoms with Gasteiger partial charge in [-0.25, -0.2) is 18.5 Å². The fourth-order valence-electron chi connectivity index (χ4n) is 3.55. The molecule has 1 aromatic carbocycles. The van der Waals surface area contributed by atoms with Crippen molar-refractivity contribution in [3.05, 3.63) is 56.0 Å². The molecular weight excluding hydrogens is 465 g/mol. The maximum absolute atomic E-state index is 13.8. The molecule has 0 spiro atoms. The number of carbonyl (C=O) groups is 1. The normalized spacial score (nSPS) is 11.8. The van der Waals surface area contributed by atoms with Gasteiger partial charge in [0.05, 0.1) is 18.7 Å². The Hall–Kier alpha value is -3.80. The predicted octanol–water partition coefficient (Wildman–Crippen LogP) is 2.79. The van der Waals surface area contributed by atoms with Crippen LogP contribution in [0.3, 0.4) is 0 Å². The zero-order valence-corrected chi connectivity index (χ0v) is 19.8. The molecule has 3 aromatic rings. The Morgan fingerprint density at radius 3 is 2.71 bits per heavy atom. The number of carboxylic acids is 1. The van der Waals surface area contributed by atoms with Crippen LogP contribution in [0, 0.1) is 18.2 Å². The summed E-state index contributed by atoms with van der Waals surface area (Å²) >= 11 is 1.10. The van der Waals surface area contributed by atoms with Gasteiger partial charge in [0.15, 0.2) is 0 Å². The quantitative estimate of drug-likeness (QED) is 0.312. The predicted molar refractivity (Wildman–Crippen MR) is 130 cm³/mol. The SMILES string of the molecule is COc1ccc(F)cc1CCn1c(=O)n(C(C)(C)C(=O)O)c(=O)c2c(C)c(N/N=C\C=N)sc21. The van der Waals surface area contributed by atoms with Crippen LogP contribution in [0.2, 0.25) is 0 Å². The van der Waals surface area contributed by atoms with Gasteiger partial charge in [-0.15, -0.1) is 0 Å². The molecule has 0 bridgehead atoms. The van der Waals surface area contributed by atoms with Crippen LogP contribution >= 0.6 is 11.3 Å². The Morgan fingerprint density at radius 1 is 1.38 bits per heavy atom. The first kappa shape index (κ1) is 24.8. The lowest BCUT2D eigenvalue weighted by Crippen LogP contribution is -2.52. The summed E-state index contributed by atoms with van der Waals surface area (Å²) in [5, 5.41) is 21.3. The molecule has 180 valence electrons. The summed E-state index contributed by atoms with van der Waals surface area (Å²) in [6, 6.07) is 4.05. The molecule has 0 unspecified atom stereocenters. The number of ether oxygens (including phenoxy) is 1. The third kappa shape index (κ3) is 4.36. The second-order valence-corrected chi connectivity index (χ2v) is 8.94. The highest BCUT2D eigenvalue weighted by Crippen LogP contribution is 2.33. The van der Waals surface area contributed by atoms with E-state index in [1.165, 1.54) is 49.9 Å². The zero-order chi connectivity index (χ0) is 25.2. The first-order valence-electron chi connectivity index (χ1n) is 10.2. The molecule has 0 radical (unpaired) electrons. The summed E-state index contributed by atoms with van der Waals surface area (Å²) in [4.78, 5) is 39.1. The topological polar surface area (TPSA) is 139 Å². The summed E-state index contributed by atoms with van der Waals surface area (Å²) in [5.74, 6) is -1.37. The maximum Gasteiger partial charge on any atom is 0.333 e. The number of aromatic nitrogens is 2. The summed E-state index contributed by atoms with van der Waals surface area (Å²) in [7, 11) is 1.45. The molecule has 0 saturated carbocycles. The van der Waals surface area contributed by atoms with Gasteiger partial charge >= 0.3 is 11.7 Å². The minimum absolute atomic E-state index is 0.0360. The standard InChI is InChI=1S/C22H24FN5O5S/c1-12-16-18(29)28(22(2,3)20(30)31)21(32)27(19(16)34-17(12)26-25-9-8-24)10-7-13-11-14(23)5-6-15(13)33-4/h5-6,8-9,11,24,26H,7,10H2,1-4H3,(H,30,31)/b24-8?,25-9-. The molecule has 10 nitrogen and oxygen atoms in total. The Morgan fingerprint density at radius 2 is 2.09 bits per heavy atom. The number of carboxylic acid groups (broad SMARTS) is 1. The minimum atomic E-state index is -1.82. The number of nitrogens with one attached hydrogen (secondary N) is 2. The number of nitrogens with zero attached hydrogens (tertiary/aromatic N) is 3. The van der Waals surface area contributed by atoms with Crippen LogP contribution in [0.1, 0.15) is 25.0 Å². The highest BCUT2D eigenvalue weighted by molar-refractivity contribution is 7.22. The molecule has 2 aromatic heterocycles. The average Bonchev–Trinajstić information content (AvgIpc) is 3.10. The van der Waals surface area contributed by atoms with E-state index in [0.29, 0.717) is 26.7 Å². The van der Waals surface area contributed by atoms with E-state index in [4.69, 9.17) is 10.1 Å². The number of benzene rings is 1. The number of hydrazone groups is 1. The van der Waals surface area contributed by atoms with Gasteiger partial charge in [-0.1, -0.05) is 11.3 Å². The Balaban J connectivity index is 2.27. The largest absolute Gasteiger partial charge is 0.496 e. The molecule has 0 aliphatic rings. The van der Waals surface area contributed by atoms with Gasteiger partial charge in [-0.05, 0) is 51.0 Å². The van der Waals surface area contributed by atoms with Crippen LogP contribution in [0.4, 0.5) is 9.39 Å². The number of fused-ring (bicyclic) bond motifs is 1. The maximum atomic E-state index is 13.8. The molecule has 0 fully saturated rings. The van der Waals surface area contributed by atoms with Crippen molar-refractivity contribution in [2.24, 2.45) is 5.10 Å². The number of thiophene rings is 1. The van der Waals surface area contributed by atoms with Gasteiger partial charge in [0.1, 0.15) is 26.9 Å². The van der Waals surface area contributed by atoms with Crippen molar-refractivity contribution in [1.82, 2.24) is 9.13 Å². The Bertz CT molecular complexity index is 1420. The number of halogens is 1. The van der Waals surface area contributed by atoms with E-state index in [0.717, 1.165) is 22.1 Å². The second kappa shape index (κ2) is 9.59. The van der Waals surface area contributed by atoms with Gasteiger partial charge in [0.2, 0.25) is 0 Å². The van der Waals surface area contributed by atoms with Gasteiger partial charge < -0.3 is 15.3 Å².